The standard InChI is InChI=1S/C18H23N5O2/c1-25-18-13(4-3-8-19-18)10-22-11-15-7-9-20-23(15)16(12-22)17(24)21-14-5-2-6-14/h3-4,7-9,14,16H,2,5-6,10-12H2,1H3,(H,21,24)/t16-/m1/s1. The zero-order chi connectivity index (χ0) is 17.2. The Morgan fingerprint density at radius 3 is 3.00 bits per heavy atom. The molecule has 1 saturated carbocycles. The average Bonchev–Trinajstić information content (AvgIpc) is 3.06. The molecule has 1 aliphatic carbocycles. The van der Waals surface area contributed by atoms with Gasteiger partial charge >= 0.3 is 0 Å². The minimum absolute atomic E-state index is 0.0671. The third kappa shape index (κ3) is 3.24. The predicted octanol–water partition coefficient (Wildman–Crippen LogP) is 1.51. The minimum Gasteiger partial charge on any atom is -0.481 e. The molecule has 1 fully saturated rings. The van der Waals surface area contributed by atoms with Gasteiger partial charge in [-0.3, -0.25) is 14.4 Å². The predicted molar refractivity (Wildman–Crippen MR) is 91.9 cm³/mol. The van der Waals surface area contributed by atoms with E-state index in [1.165, 1.54) is 6.42 Å². The second-order valence-corrected chi connectivity index (χ2v) is 6.76. The van der Waals surface area contributed by atoms with Gasteiger partial charge in [-0.15, -0.1) is 0 Å². The highest BCUT2D eigenvalue weighted by Gasteiger charge is 2.33. The van der Waals surface area contributed by atoms with Crippen LogP contribution in [-0.4, -0.2) is 45.3 Å². The molecule has 132 valence electrons. The van der Waals surface area contributed by atoms with Crippen LogP contribution in [0.15, 0.2) is 30.6 Å². The third-order valence-electron chi connectivity index (χ3n) is 5.06. The summed E-state index contributed by atoms with van der Waals surface area (Å²) < 4.78 is 7.22. The largest absolute Gasteiger partial charge is 0.481 e. The van der Waals surface area contributed by atoms with E-state index in [4.69, 9.17) is 4.74 Å². The van der Waals surface area contributed by atoms with Crippen molar-refractivity contribution in [2.45, 2.75) is 44.4 Å². The molecule has 2 aliphatic rings. The van der Waals surface area contributed by atoms with E-state index in [1.54, 1.807) is 19.5 Å². The highest BCUT2D eigenvalue weighted by molar-refractivity contribution is 5.81. The number of pyridine rings is 1. The molecule has 0 unspecified atom stereocenters. The molecule has 0 spiro atoms. The van der Waals surface area contributed by atoms with Crippen LogP contribution in [-0.2, 0) is 17.9 Å². The Bertz CT molecular complexity index is 755. The Morgan fingerprint density at radius 2 is 2.24 bits per heavy atom. The molecule has 7 nitrogen and oxygen atoms in total. The lowest BCUT2D eigenvalue weighted by molar-refractivity contribution is -0.127. The second-order valence-electron chi connectivity index (χ2n) is 6.76. The number of rotatable bonds is 5. The molecule has 25 heavy (non-hydrogen) atoms. The number of aromatic nitrogens is 3. The van der Waals surface area contributed by atoms with Crippen molar-refractivity contribution in [3.8, 4) is 5.88 Å². The maximum absolute atomic E-state index is 12.7. The molecular formula is C18H23N5O2. The number of methoxy groups -OCH3 is 1. The maximum Gasteiger partial charge on any atom is 0.246 e. The first-order valence-electron chi connectivity index (χ1n) is 8.77. The van der Waals surface area contributed by atoms with Crippen molar-refractivity contribution >= 4 is 5.91 Å². The van der Waals surface area contributed by atoms with E-state index in [-0.39, 0.29) is 11.9 Å². The highest BCUT2D eigenvalue weighted by atomic mass is 16.5. The number of fused-ring (bicyclic) bond motifs is 1. The van der Waals surface area contributed by atoms with Crippen LogP contribution in [0, 0.1) is 0 Å². The summed E-state index contributed by atoms with van der Waals surface area (Å²) in [5, 5.41) is 7.54. The summed E-state index contributed by atoms with van der Waals surface area (Å²) in [7, 11) is 1.63. The lowest BCUT2D eigenvalue weighted by Crippen LogP contribution is -2.48. The topological polar surface area (TPSA) is 72.3 Å². The molecule has 0 bridgehead atoms. The first-order chi connectivity index (χ1) is 12.2. The average molecular weight is 341 g/mol. The van der Waals surface area contributed by atoms with Gasteiger partial charge in [0.15, 0.2) is 0 Å². The van der Waals surface area contributed by atoms with Crippen LogP contribution >= 0.6 is 0 Å². The van der Waals surface area contributed by atoms with E-state index in [0.717, 1.165) is 30.6 Å². The second kappa shape index (κ2) is 6.84. The van der Waals surface area contributed by atoms with Crippen molar-refractivity contribution in [3.05, 3.63) is 41.9 Å². The van der Waals surface area contributed by atoms with Crippen LogP contribution in [0.4, 0.5) is 0 Å². The summed E-state index contributed by atoms with van der Waals surface area (Å²) in [5.41, 5.74) is 2.08. The van der Waals surface area contributed by atoms with Crippen molar-refractivity contribution in [1.82, 2.24) is 25.0 Å². The lowest BCUT2D eigenvalue weighted by atomic mass is 9.93. The lowest BCUT2D eigenvalue weighted by Gasteiger charge is -2.35. The molecule has 1 N–H and O–H groups in total. The van der Waals surface area contributed by atoms with Crippen LogP contribution < -0.4 is 10.1 Å². The number of hydrogen-bond donors (Lipinski definition) is 1. The molecule has 2 aromatic rings. The SMILES string of the molecule is COc1ncccc1CN1Cc2ccnn2[C@@H](C(=O)NC2CCC2)C1. The fourth-order valence-electron chi connectivity index (χ4n) is 3.50. The maximum atomic E-state index is 12.7. The molecule has 7 heteroatoms. The molecule has 4 rings (SSSR count). The fourth-order valence-corrected chi connectivity index (χ4v) is 3.50. The van der Waals surface area contributed by atoms with Gasteiger partial charge in [-0.2, -0.15) is 5.10 Å². The van der Waals surface area contributed by atoms with Crippen LogP contribution in [0.5, 0.6) is 5.88 Å². The molecule has 0 radical (unpaired) electrons. The van der Waals surface area contributed by atoms with Gasteiger partial charge in [-0.25, -0.2) is 4.98 Å². The van der Waals surface area contributed by atoms with Crippen LogP contribution in [0.2, 0.25) is 0 Å². The Labute approximate surface area is 147 Å². The quantitative estimate of drug-likeness (QED) is 0.892. The Morgan fingerprint density at radius 1 is 1.36 bits per heavy atom. The highest BCUT2D eigenvalue weighted by Crippen LogP contribution is 2.26. The summed E-state index contributed by atoms with van der Waals surface area (Å²) in [6.07, 6.45) is 6.87. The van der Waals surface area contributed by atoms with Gasteiger partial charge < -0.3 is 10.1 Å². The van der Waals surface area contributed by atoms with Gasteiger partial charge in [0.25, 0.3) is 0 Å². The van der Waals surface area contributed by atoms with Gasteiger partial charge in [-0.05, 0) is 31.4 Å². The summed E-state index contributed by atoms with van der Waals surface area (Å²) in [5.74, 6) is 0.703. The number of carbonyl (C=O) groups is 1. The number of nitrogens with zero attached hydrogens (tertiary/aromatic N) is 4. The number of hydrogen-bond acceptors (Lipinski definition) is 5. The van der Waals surface area contributed by atoms with Crippen molar-refractivity contribution in [3.63, 3.8) is 0 Å². The molecule has 0 aromatic carbocycles. The van der Waals surface area contributed by atoms with Crippen molar-refractivity contribution < 1.29 is 9.53 Å². The third-order valence-corrected chi connectivity index (χ3v) is 5.06. The van der Waals surface area contributed by atoms with E-state index in [1.807, 2.05) is 22.9 Å². The van der Waals surface area contributed by atoms with Gasteiger partial charge in [0.1, 0.15) is 6.04 Å². The van der Waals surface area contributed by atoms with E-state index >= 15 is 0 Å². The monoisotopic (exact) mass is 341 g/mol. The number of amides is 1. The van der Waals surface area contributed by atoms with Crippen LogP contribution in [0.25, 0.3) is 0 Å². The zero-order valence-electron chi connectivity index (χ0n) is 14.4. The Hall–Kier alpha value is -2.41. The fraction of sp³-hybridized carbons (Fsp3) is 0.500. The number of ether oxygens (including phenoxy) is 1. The molecule has 1 aliphatic heterocycles. The first kappa shape index (κ1) is 16.1. The van der Waals surface area contributed by atoms with E-state index in [0.29, 0.717) is 25.0 Å². The first-order valence-corrected chi connectivity index (χ1v) is 8.77. The van der Waals surface area contributed by atoms with Crippen molar-refractivity contribution in [1.29, 1.82) is 0 Å². The summed E-state index contributed by atoms with van der Waals surface area (Å²) in [6, 6.07) is 5.95. The van der Waals surface area contributed by atoms with E-state index in [2.05, 4.69) is 20.3 Å². The van der Waals surface area contributed by atoms with Crippen LogP contribution in [0.1, 0.15) is 36.6 Å². The number of carbonyl (C=O) groups excluding carboxylic acids is 1. The summed E-state index contributed by atoms with van der Waals surface area (Å²) in [6.45, 7) is 2.08. The molecule has 0 saturated heterocycles. The van der Waals surface area contributed by atoms with E-state index in [9.17, 15) is 4.79 Å². The van der Waals surface area contributed by atoms with Gasteiger partial charge in [-0.1, -0.05) is 6.07 Å². The number of nitrogens with one attached hydrogen (secondary N) is 1. The molecule has 3 heterocycles. The van der Waals surface area contributed by atoms with E-state index < -0.39 is 0 Å². The van der Waals surface area contributed by atoms with Crippen LogP contribution in [0.3, 0.4) is 0 Å². The Balaban J connectivity index is 1.52. The smallest absolute Gasteiger partial charge is 0.246 e. The Kier molecular flexibility index (Phi) is 4.40. The van der Waals surface area contributed by atoms with Gasteiger partial charge in [0.2, 0.25) is 11.8 Å². The van der Waals surface area contributed by atoms with Gasteiger partial charge in [0, 0.05) is 43.6 Å². The summed E-state index contributed by atoms with van der Waals surface area (Å²) in [4.78, 5) is 19.3. The summed E-state index contributed by atoms with van der Waals surface area (Å²) >= 11 is 0. The van der Waals surface area contributed by atoms with Crippen molar-refractivity contribution in [2.24, 2.45) is 0 Å². The van der Waals surface area contributed by atoms with Gasteiger partial charge in [0.05, 0.1) is 12.8 Å². The normalized spacial score (nSPS) is 20.6. The molecular weight excluding hydrogens is 318 g/mol. The molecule has 2 aromatic heterocycles. The molecule has 1 amide bonds. The minimum atomic E-state index is -0.290. The van der Waals surface area contributed by atoms with Crippen molar-refractivity contribution in [2.75, 3.05) is 13.7 Å². The molecule has 1 atom stereocenters. The zero-order valence-corrected chi connectivity index (χ0v) is 14.4.